The van der Waals surface area contributed by atoms with E-state index in [9.17, 15) is 95.2 Å². The Morgan fingerprint density at radius 1 is 0.436 bits per heavy atom. The van der Waals surface area contributed by atoms with Crippen LogP contribution in [0.1, 0.15) is 68.6 Å². The number of ether oxygens (including phenoxy) is 5. The number of benzene rings is 6. The van der Waals surface area contributed by atoms with Crippen LogP contribution in [0, 0.1) is 0 Å². The van der Waals surface area contributed by atoms with Gasteiger partial charge in [-0.05, 0) is 100 Å². The third kappa shape index (κ3) is 11.1. The van der Waals surface area contributed by atoms with Crippen molar-refractivity contribution >= 4 is 41.9 Å². The molecule has 0 saturated heterocycles. The third-order valence-electron chi connectivity index (χ3n) is 12.7. The second-order valence-electron chi connectivity index (χ2n) is 17.8. The van der Waals surface area contributed by atoms with Crippen molar-refractivity contribution in [3.63, 3.8) is 0 Å². The Morgan fingerprint density at radius 3 is 1.26 bits per heavy atom. The van der Waals surface area contributed by atoms with Gasteiger partial charge in [-0.15, -0.1) is 0 Å². The van der Waals surface area contributed by atoms with Crippen LogP contribution in [0.3, 0.4) is 0 Å². The van der Waals surface area contributed by atoms with Crippen LogP contribution in [0.4, 0.5) is 0 Å². The summed E-state index contributed by atoms with van der Waals surface area (Å²) in [7, 11) is 0. The first-order valence-electron chi connectivity index (χ1n) is 23.1. The second kappa shape index (κ2) is 21.7. The van der Waals surface area contributed by atoms with E-state index in [1.54, 1.807) is 0 Å². The number of rotatable bonds is 18. The highest BCUT2D eigenvalue weighted by molar-refractivity contribution is 5.92. The number of aromatic hydroxyl groups is 10. The number of hydrogen-bond donors (Lipinski definition) is 13. The Hall–Kier alpha value is -10.5. The molecule has 0 fully saturated rings. The Bertz CT molecular complexity index is 3440. The van der Waals surface area contributed by atoms with Gasteiger partial charge in [0.15, 0.2) is 69.0 Å². The normalized spacial score (nSPS) is 17.3. The lowest BCUT2D eigenvalue weighted by molar-refractivity contribution is -0.166. The lowest BCUT2D eigenvalue weighted by Crippen LogP contribution is -2.33. The number of carbonyl (C=O) groups is 6. The predicted octanol–water partition coefficient (Wildman–Crippen LogP) is 4.91. The van der Waals surface area contributed by atoms with Crippen molar-refractivity contribution in [3.05, 3.63) is 148 Å². The van der Waals surface area contributed by atoms with Crippen LogP contribution in [0.15, 0.2) is 103 Å². The van der Waals surface area contributed by atoms with E-state index in [2.05, 4.69) is 0 Å². The van der Waals surface area contributed by atoms with E-state index in [0.717, 1.165) is 78.9 Å². The van der Waals surface area contributed by atoms with Crippen LogP contribution in [-0.2, 0) is 62.2 Å². The molecule has 0 aromatic heterocycles. The summed E-state index contributed by atoms with van der Waals surface area (Å²) in [5, 5.41) is 133. The number of carboxylic acid groups (broad SMARTS) is 3. The van der Waals surface area contributed by atoms with Crippen LogP contribution >= 0.6 is 0 Å². The molecule has 0 aliphatic carbocycles. The van der Waals surface area contributed by atoms with Crippen LogP contribution in [-0.4, -0.2) is 121 Å². The quantitative estimate of drug-likeness (QED) is 0.0235. The summed E-state index contributed by atoms with van der Waals surface area (Å²) in [6, 6.07) is 17.9. The molecule has 0 spiro atoms. The molecule has 0 radical (unpaired) electrons. The second-order valence-corrected chi connectivity index (χ2v) is 17.8. The molecule has 7 atom stereocenters. The van der Waals surface area contributed by atoms with Crippen molar-refractivity contribution in [1.29, 1.82) is 0 Å². The summed E-state index contributed by atoms with van der Waals surface area (Å²) in [5.74, 6) is -19.2. The van der Waals surface area contributed by atoms with Gasteiger partial charge >= 0.3 is 35.8 Å². The van der Waals surface area contributed by atoms with Crippen molar-refractivity contribution < 1.29 is 119 Å². The Morgan fingerprint density at radius 2 is 0.821 bits per heavy atom. The van der Waals surface area contributed by atoms with Gasteiger partial charge in [0.2, 0.25) is 18.3 Å². The number of esters is 3. The molecule has 2 heterocycles. The summed E-state index contributed by atoms with van der Waals surface area (Å²) in [6.45, 7) is 0. The molecule has 7 unspecified atom stereocenters. The minimum atomic E-state index is -2.12. The van der Waals surface area contributed by atoms with E-state index < -0.39 is 161 Å². The van der Waals surface area contributed by atoms with E-state index in [1.165, 1.54) is 30.3 Å². The monoisotopic (exact) mass is 1080 g/mol. The van der Waals surface area contributed by atoms with Crippen LogP contribution < -0.4 is 9.47 Å². The maximum atomic E-state index is 14.3. The van der Waals surface area contributed by atoms with E-state index >= 15 is 0 Å². The number of carbonyl (C=O) groups excluding carboxylic acids is 3. The van der Waals surface area contributed by atoms with Gasteiger partial charge < -0.3 is 90.1 Å². The summed E-state index contributed by atoms with van der Waals surface area (Å²) in [5.41, 5.74) is -0.481. The van der Waals surface area contributed by atoms with Gasteiger partial charge in [-0.25, -0.2) is 19.2 Å². The molecular weight excluding hydrogens is 1030 g/mol. The minimum absolute atomic E-state index is 0.00269. The maximum Gasteiger partial charge on any atom is 0.345 e. The lowest BCUT2D eigenvalue weighted by atomic mass is 9.86. The summed E-state index contributed by atoms with van der Waals surface area (Å²) < 4.78 is 28.4. The van der Waals surface area contributed by atoms with Crippen molar-refractivity contribution in [3.8, 4) is 69.0 Å². The van der Waals surface area contributed by atoms with Gasteiger partial charge in [-0.3, -0.25) is 9.59 Å². The fourth-order valence-electron chi connectivity index (χ4n) is 8.92. The zero-order valence-electron chi connectivity index (χ0n) is 39.9. The zero-order chi connectivity index (χ0) is 56.4. The molecule has 2 aliphatic rings. The minimum Gasteiger partial charge on any atom is -0.504 e. The summed E-state index contributed by atoms with van der Waals surface area (Å²) >= 11 is 0. The van der Waals surface area contributed by atoms with Gasteiger partial charge in [-0.2, -0.15) is 0 Å². The van der Waals surface area contributed by atoms with Crippen molar-refractivity contribution in [2.45, 2.75) is 61.6 Å². The van der Waals surface area contributed by atoms with Crippen molar-refractivity contribution in [1.82, 2.24) is 0 Å². The molecule has 2 aliphatic heterocycles. The average Bonchev–Trinajstić information content (AvgIpc) is 4.13. The molecule has 6 aromatic rings. The smallest absolute Gasteiger partial charge is 0.345 e. The van der Waals surface area contributed by atoms with Crippen molar-refractivity contribution in [2.24, 2.45) is 0 Å². The van der Waals surface area contributed by atoms with Gasteiger partial charge in [0, 0.05) is 36.5 Å². The molecule has 404 valence electrons. The maximum absolute atomic E-state index is 14.3. The molecule has 8 rings (SSSR count). The Labute approximate surface area is 437 Å². The van der Waals surface area contributed by atoms with Gasteiger partial charge in [0.25, 0.3) is 0 Å². The van der Waals surface area contributed by atoms with E-state index in [-0.39, 0.29) is 50.3 Å². The summed E-state index contributed by atoms with van der Waals surface area (Å²) in [4.78, 5) is 80.1. The molecule has 13 N–H and O–H groups in total. The van der Waals surface area contributed by atoms with Crippen LogP contribution in [0.25, 0.3) is 6.08 Å². The first-order chi connectivity index (χ1) is 37.0. The molecule has 0 amide bonds. The lowest BCUT2D eigenvalue weighted by Gasteiger charge is -2.23. The fraction of sp³-hybridized carbons (Fsp3) is 0.185. The largest absolute Gasteiger partial charge is 0.504 e. The highest BCUT2D eigenvalue weighted by Gasteiger charge is 2.48. The molecule has 78 heavy (non-hydrogen) atoms. The third-order valence-corrected chi connectivity index (χ3v) is 12.7. The SMILES string of the molecule is O=C(C=Cc1ccc(O)c2c1C(C(=O)OC(Cc1ccc(O)c(O)c1)C(=O)O)C(c1ccc(O)c(O)c1)O2)OC(Cc1ccc(O)c2c1C(C(=O)OC(Cc1ccc(O)c(O)c1)C(=O)O)C(c1ccc(O)c(O)c1)O2)C(=O)O. The molecule has 0 saturated carbocycles. The van der Waals surface area contributed by atoms with E-state index in [1.807, 2.05) is 0 Å². The molecule has 24 nitrogen and oxygen atoms in total. The highest BCUT2D eigenvalue weighted by Crippen LogP contribution is 2.55. The first kappa shape index (κ1) is 53.8. The van der Waals surface area contributed by atoms with Crippen molar-refractivity contribution in [2.75, 3.05) is 0 Å². The predicted molar refractivity (Wildman–Crippen MR) is 260 cm³/mol. The average molecular weight is 1080 g/mol. The number of phenols is 10. The molecule has 0 bridgehead atoms. The number of carboxylic acids is 3. The van der Waals surface area contributed by atoms with Gasteiger partial charge in [0.1, 0.15) is 24.0 Å². The standard InChI is InChI=1S/C54H44O24/c55-28-8-1-22(15-34(28)61)17-38(50(66)67)75-53(72)44-42-24(3-12-32(59)48(42)77-46(44)26-5-10-30(57)36(63)19-26)7-14-41(65)74-40(52(70)71)21-25-4-13-33(60)49-43(25)45(47(78-49)27-6-11-31(58)37(64)20-27)54(73)76-39(51(68)69)18-23-2-9-29(56)35(62)16-23/h1-16,19-20,38-40,44-47,55-64H,17-18,21H2,(H,66,67)(H,68,69)(H,70,71). The highest BCUT2D eigenvalue weighted by atomic mass is 16.6. The fourth-order valence-corrected chi connectivity index (χ4v) is 8.92. The Balaban J connectivity index is 1.10. The number of phenolic OH excluding ortho intramolecular Hbond substituents is 10. The number of aliphatic carboxylic acids is 3. The zero-order valence-corrected chi connectivity index (χ0v) is 39.9. The van der Waals surface area contributed by atoms with Gasteiger partial charge in [-0.1, -0.05) is 36.4 Å². The Kier molecular flexibility index (Phi) is 15.0. The number of fused-ring (bicyclic) bond motifs is 2. The molecule has 6 aromatic carbocycles. The van der Waals surface area contributed by atoms with E-state index in [4.69, 9.17) is 23.7 Å². The molecular formula is C54H44O24. The van der Waals surface area contributed by atoms with Crippen LogP contribution in [0.2, 0.25) is 0 Å². The van der Waals surface area contributed by atoms with Gasteiger partial charge in [0.05, 0.1) is 0 Å². The first-order valence-corrected chi connectivity index (χ1v) is 23.1. The molecule has 24 heteroatoms. The topological polar surface area (TPSA) is 412 Å². The summed E-state index contributed by atoms with van der Waals surface area (Å²) in [6.07, 6.45) is -9.22. The van der Waals surface area contributed by atoms with E-state index in [0.29, 0.717) is 0 Å². The van der Waals surface area contributed by atoms with Crippen LogP contribution in [0.5, 0.6) is 69.0 Å². The number of hydrogen-bond acceptors (Lipinski definition) is 21.